The third-order valence-electron chi connectivity index (χ3n) is 2.46. The Labute approximate surface area is 118 Å². The van der Waals surface area contributed by atoms with Gasteiger partial charge in [-0.2, -0.15) is 5.10 Å². The van der Waals surface area contributed by atoms with E-state index >= 15 is 0 Å². The van der Waals surface area contributed by atoms with Crippen LogP contribution >= 0.6 is 23.4 Å². The summed E-state index contributed by atoms with van der Waals surface area (Å²) in [5, 5.41) is 5.98. The van der Waals surface area contributed by atoms with Crippen LogP contribution in [0.2, 0.25) is 5.15 Å². The highest BCUT2D eigenvalue weighted by Gasteiger charge is 2.10. The van der Waals surface area contributed by atoms with Crippen molar-refractivity contribution in [1.29, 1.82) is 0 Å². The van der Waals surface area contributed by atoms with E-state index in [1.165, 1.54) is 11.8 Å². The van der Waals surface area contributed by atoms with Crippen molar-refractivity contribution >= 4 is 34.4 Å². The van der Waals surface area contributed by atoms with Crippen LogP contribution in [-0.2, 0) is 12.8 Å². The second kappa shape index (κ2) is 5.10. The molecule has 0 aromatic carbocycles. The summed E-state index contributed by atoms with van der Waals surface area (Å²) in [6.45, 7) is 0. The number of hydrogen-bond acceptors (Lipinski definition) is 6. The molecule has 3 rings (SSSR count). The molecule has 3 heterocycles. The highest BCUT2D eigenvalue weighted by Crippen LogP contribution is 2.22. The predicted octanol–water partition coefficient (Wildman–Crippen LogP) is 2.10. The van der Waals surface area contributed by atoms with Gasteiger partial charge in [-0.05, 0) is 6.07 Å². The molecule has 3 aromatic rings. The van der Waals surface area contributed by atoms with Gasteiger partial charge in [-0.3, -0.25) is 4.68 Å². The van der Waals surface area contributed by atoms with Crippen molar-refractivity contribution in [3.8, 4) is 0 Å². The van der Waals surface area contributed by atoms with Gasteiger partial charge in [0.25, 0.3) is 0 Å². The first-order valence-electron chi connectivity index (χ1n) is 5.48. The third kappa shape index (κ3) is 2.52. The number of aryl methyl sites for hydroxylation is 1. The van der Waals surface area contributed by atoms with Crippen LogP contribution in [0.4, 0.5) is 0 Å². The number of aromatic nitrogens is 6. The summed E-state index contributed by atoms with van der Waals surface area (Å²) in [5.74, 6) is 1.20. The first kappa shape index (κ1) is 12.3. The summed E-state index contributed by atoms with van der Waals surface area (Å²) in [4.78, 5) is 17.0. The average Bonchev–Trinajstić information content (AvgIpc) is 2.80. The van der Waals surface area contributed by atoms with E-state index in [0.717, 1.165) is 11.0 Å². The minimum absolute atomic E-state index is 0.419. The van der Waals surface area contributed by atoms with Crippen LogP contribution in [0.3, 0.4) is 0 Å². The molecule has 0 aliphatic heterocycles. The van der Waals surface area contributed by atoms with Gasteiger partial charge in [0.05, 0.1) is 17.3 Å². The number of rotatable bonds is 3. The molecule has 0 unspecified atom stereocenters. The molecule has 96 valence electrons. The van der Waals surface area contributed by atoms with Crippen LogP contribution in [0.5, 0.6) is 0 Å². The molecule has 19 heavy (non-hydrogen) atoms. The molecule has 0 saturated heterocycles. The standard InChI is InChI=1S/C11H9ClN6S/c1-18-10-7(5-15-18)9(12)16-8(17-10)6-19-11-13-3-2-4-14-11/h2-5H,6H2,1H3. The van der Waals surface area contributed by atoms with Crippen molar-refractivity contribution in [1.82, 2.24) is 29.7 Å². The normalized spacial score (nSPS) is 11.1. The molecule has 0 bridgehead atoms. The SMILES string of the molecule is Cn1ncc2c(Cl)nc(CSc3ncccn3)nc21. The second-order valence-corrected chi connectivity index (χ2v) is 5.06. The zero-order valence-corrected chi connectivity index (χ0v) is 11.6. The smallest absolute Gasteiger partial charge is 0.187 e. The van der Waals surface area contributed by atoms with Crippen molar-refractivity contribution in [2.75, 3.05) is 0 Å². The molecule has 8 heteroatoms. The Morgan fingerprint density at radius 2 is 2.05 bits per heavy atom. The Hall–Kier alpha value is -1.73. The molecule has 0 spiro atoms. The fraction of sp³-hybridized carbons (Fsp3) is 0.182. The maximum atomic E-state index is 6.11. The van der Waals surface area contributed by atoms with Crippen LogP contribution in [0.25, 0.3) is 11.0 Å². The molecular formula is C11H9ClN6S. The van der Waals surface area contributed by atoms with Crippen LogP contribution in [0.15, 0.2) is 29.8 Å². The lowest BCUT2D eigenvalue weighted by molar-refractivity contribution is 0.782. The number of thioether (sulfide) groups is 1. The Bertz CT molecular complexity index is 714. The van der Waals surface area contributed by atoms with Gasteiger partial charge in [-0.1, -0.05) is 23.4 Å². The van der Waals surface area contributed by atoms with Gasteiger partial charge >= 0.3 is 0 Å². The minimum atomic E-state index is 0.419. The van der Waals surface area contributed by atoms with Gasteiger partial charge in [-0.15, -0.1) is 0 Å². The van der Waals surface area contributed by atoms with Crippen molar-refractivity contribution in [2.24, 2.45) is 7.05 Å². The van der Waals surface area contributed by atoms with E-state index in [-0.39, 0.29) is 0 Å². The topological polar surface area (TPSA) is 69.4 Å². The van der Waals surface area contributed by atoms with Gasteiger partial charge in [0, 0.05) is 19.4 Å². The maximum Gasteiger partial charge on any atom is 0.187 e. The monoisotopic (exact) mass is 292 g/mol. The van der Waals surface area contributed by atoms with E-state index in [1.54, 1.807) is 29.3 Å². The molecule has 0 aliphatic rings. The molecule has 0 radical (unpaired) electrons. The molecule has 0 saturated carbocycles. The molecule has 6 nitrogen and oxygen atoms in total. The molecular weight excluding hydrogens is 284 g/mol. The lowest BCUT2D eigenvalue weighted by Gasteiger charge is -2.01. The number of fused-ring (bicyclic) bond motifs is 1. The molecule has 0 N–H and O–H groups in total. The maximum absolute atomic E-state index is 6.11. The molecule has 0 atom stereocenters. The van der Waals surface area contributed by atoms with Crippen molar-refractivity contribution in [3.05, 3.63) is 35.6 Å². The Morgan fingerprint density at radius 1 is 1.26 bits per heavy atom. The fourth-order valence-electron chi connectivity index (χ4n) is 1.58. The van der Waals surface area contributed by atoms with Gasteiger partial charge in [0.1, 0.15) is 11.0 Å². The van der Waals surface area contributed by atoms with E-state index < -0.39 is 0 Å². The third-order valence-corrected chi connectivity index (χ3v) is 3.62. The Morgan fingerprint density at radius 3 is 2.84 bits per heavy atom. The molecule has 0 aliphatic carbocycles. The Kier molecular flexibility index (Phi) is 3.31. The first-order valence-corrected chi connectivity index (χ1v) is 6.84. The van der Waals surface area contributed by atoms with Crippen molar-refractivity contribution in [3.63, 3.8) is 0 Å². The van der Waals surface area contributed by atoms with E-state index in [1.807, 2.05) is 7.05 Å². The quantitative estimate of drug-likeness (QED) is 0.418. The number of hydrogen-bond donors (Lipinski definition) is 0. The zero-order chi connectivity index (χ0) is 13.2. The second-order valence-electron chi connectivity index (χ2n) is 3.76. The lowest BCUT2D eigenvalue weighted by atomic mass is 10.4. The predicted molar refractivity (Wildman–Crippen MR) is 72.9 cm³/mol. The van der Waals surface area contributed by atoms with Crippen LogP contribution < -0.4 is 0 Å². The lowest BCUT2D eigenvalue weighted by Crippen LogP contribution is -1.98. The number of halogens is 1. The largest absolute Gasteiger partial charge is 0.250 e. The minimum Gasteiger partial charge on any atom is -0.250 e. The average molecular weight is 293 g/mol. The van der Waals surface area contributed by atoms with E-state index in [4.69, 9.17) is 11.6 Å². The van der Waals surface area contributed by atoms with Crippen LogP contribution in [0.1, 0.15) is 5.82 Å². The van der Waals surface area contributed by atoms with E-state index in [0.29, 0.717) is 21.9 Å². The van der Waals surface area contributed by atoms with Crippen LogP contribution in [0, 0.1) is 0 Å². The summed E-state index contributed by atoms with van der Waals surface area (Å²) < 4.78 is 1.68. The van der Waals surface area contributed by atoms with Gasteiger partial charge in [0.2, 0.25) is 0 Å². The summed E-state index contributed by atoms with van der Waals surface area (Å²) in [7, 11) is 1.82. The zero-order valence-electron chi connectivity index (χ0n) is 9.99. The van der Waals surface area contributed by atoms with Crippen molar-refractivity contribution in [2.45, 2.75) is 10.9 Å². The fourth-order valence-corrected chi connectivity index (χ4v) is 2.47. The van der Waals surface area contributed by atoms with Gasteiger partial charge in [-0.25, -0.2) is 19.9 Å². The van der Waals surface area contributed by atoms with Crippen LogP contribution in [-0.4, -0.2) is 29.7 Å². The summed E-state index contributed by atoms with van der Waals surface area (Å²) >= 11 is 7.58. The first-order chi connectivity index (χ1) is 9.24. The number of nitrogens with zero attached hydrogens (tertiary/aromatic N) is 6. The Balaban J connectivity index is 1.87. The molecule has 0 amide bonds. The highest BCUT2D eigenvalue weighted by atomic mass is 35.5. The van der Waals surface area contributed by atoms with Gasteiger partial charge < -0.3 is 0 Å². The molecule has 3 aromatic heterocycles. The van der Waals surface area contributed by atoms with Gasteiger partial charge in [0.15, 0.2) is 10.8 Å². The van der Waals surface area contributed by atoms with E-state index in [2.05, 4.69) is 25.0 Å². The highest BCUT2D eigenvalue weighted by molar-refractivity contribution is 7.98. The summed E-state index contributed by atoms with van der Waals surface area (Å²) in [6, 6.07) is 1.78. The summed E-state index contributed by atoms with van der Waals surface area (Å²) in [5.41, 5.74) is 0.726. The van der Waals surface area contributed by atoms with Crippen molar-refractivity contribution < 1.29 is 0 Å². The molecule has 0 fully saturated rings. The van der Waals surface area contributed by atoms with E-state index in [9.17, 15) is 0 Å². The summed E-state index contributed by atoms with van der Waals surface area (Å²) in [6.07, 6.45) is 5.07.